The van der Waals surface area contributed by atoms with Crippen LogP contribution in [0.5, 0.6) is 5.75 Å². The second-order valence-corrected chi connectivity index (χ2v) is 10.4. The Kier molecular flexibility index (Phi) is 11.0. The van der Waals surface area contributed by atoms with Crippen LogP contribution in [0.3, 0.4) is 0 Å². The van der Waals surface area contributed by atoms with Crippen molar-refractivity contribution in [3.05, 3.63) is 52.0 Å². The Morgan fingerprint density at radius 2 is 1.84 bits per heavy atom. The molecule has 38 heavy (non-hydrogen) atoms. The van der Waals surface area contributed by atoms with Gasteiger partial charge < -0.3 is 19.1 Å². The molecule has 2 aromatic carbocycles. The first-order valence-corrected chi connectivity index (χ1v) is 14.3. The van der Waals surface area contributed by atoms with E-state index in [2.05, 4.69) is 20.9 Å². The van der Waals surface area contributed by atoms with Crippen LogP contribution in [0.4, 0.5) is 11.4 Å². The zero-order valence-electron chi connectivity index (χ0n) is 22.1. The lowest BCUT2D eigenvalue weighted by Gasteiger charge is -2.36. The van der Waals surface area contributed by atoms with Crippen molar-refractivity contribution in [2.24, 2.45) is 4.99 Å². The van der Waals surface area contributed by atoms with Gasteiger partial charge in [0.25, 0.3) is 0 Å². The number of aliphatic imine (C=N–C) groups is 1. The standard InChI is InChI=1S/C29H37Cl2N3O4/c1-2-3-9-28(35)38-21-37-27-13-11-22-10-12-23(20-25(22)32-27)36-19-5-4-14-33-15-17-34(18-16-33)26-8-6-7-24(30)29(26)31/h6-8,10,12,20H,2-5,9,11,13-19,21H2,1H3. The SMILES string of the molecule is CCCCC(=O)OCOC1=Nc2cc(OCCCCN3CCN(c4cccc(Cl)c4Cl)CC3)ccc2CC1. The minimum Gasteiger partial charge on any atom is -0.494 e. The van der Waals surface area contributed by atoms with Gasteiger partial charge in [0, 0.05) is 45.1 Å². The lowest BCUT2D eigenvalue weighted by atomic mass is 10.0. The van der Waals surface area contributed by atoms with Crippen LogP contribution in [0, 0.1) is 0 Å². The molecule has 9 heteroatoms. The summed E-state index contributed by atoms with van der Waals surface area (Å²) >= 11 is 12.6. The van der Waals surface area contributed by atoms with Crippen LogP contribution in [0.25, 0.3) is 0 Å². The highest BCUT2D eigenvalue weighted by Gasteiger charge is 2.19. The Morgan fingerprint density at radius 3 is 2.66 bits per heavy atom. The van der Waals surface area contributed by atoms with E-state index in [4.69, 9.17) is 37.4 Å². The molecule has 2 heterocycles. The van der Waals surface area contributed by atoms with Crippen molar-refractivity contribution in [2.45, 2.75) is 51.9 Å². The van der Waals surface area contributed by atoms with Crippen molar-refractivity contribution in [2.75, 3.05) is 51.0 Å². The van der Waals surface area contributed by atoms with E-state index in [0.29, 0.717) is 35.4 Å². The van der Waals surface area contributed by atoms with Crippen molar-refractivity contribution in [3.63, 3.8) is 0 Å². The lowest BCUT2D eigenvalue weighted by molar-refractivity contribution is -0.151. The van der Waals surface area contributed by atoms with Gasteiger partial charge in [-0.3, -0.25) is 9.69 Å². The molecule has 2 aliphatic rings. The van der Waals surface area contributed by atoms with Gasteiger partial charge in [-0.05, 0) is 56.0 Å². The van der Waals surface area contributed by atoms with Crippen LogP contribution in [0.1, 0.15) is 51.0 Å². The second-order valence-electron chi connectivity index (χ2n) is 9.64. The number of hydrogen-bond donors (Lipinski definition) is 0. The quantitative estimate of drug-likeness (QED) is 0.164. The molecule has 0 spiro atoms. The van der Waals surface area contributed by atoms with Crippen LogP contribution >= 0.6 is 23.2 Å². The molecule has 0 bridgehead atoms. The number of halogens is 2. The fourth-order valence-corrected chi connectivity index (χ4v) is 5.03. The van der Waals surface area contributed by atoms with Crippen molar-refractivity contribution in [1.82, 2.24) is 4.90 Å². The number of benzene rings is 2. The van der Waals surface area contributed by atoms with E-state index >= 15 is 0 Å². The predicted octanol–water partition coefficient (Wildman–Crippen LogP) is 6.66. The van der Waals surface area contributed by atoms with Gasteiger partial charge in [-0.25, -0.2) is 4.99 Å². The van der Waals surface area contributed by atoms with E-state index < -0.39 is 0 Å². The van der Waals surface area contributed by atoms with Gasteiger partial charge in [0.2, 0.25) is 6.79 Å². The van der Waals surface area contributed by atoms with Crippen molar-refractivity contribution in [3.8, 4) is 5.75 Å². The van der Waals surface area contributed by atoms with Crippen LogP contribution in [0.2, 0.25) is 10.0 Å². The van der Waals surface area contributed by atoms with Gasteiger partial charge >= 0.3 is 5.97 Å². The van der Waals surface area contributed by atoms with E-state index in [-0.39, 0.29) is 12.8 Å². The molecule has 0 aromatic heterocycles. The smallest absolute Gasteiger partial charge is 0.308 e. The molecule has 0 aliphatic carbocycles. The summed E-state index contributed by atoms with van der Waals surface area (Å²) in [4.78, 5) is 21.0. The molecular formula is C29H37Cl2N3O4. The summed E-state index contributed by atoms with van der Waals surface area (Å²) in [5.41, 5.74) is 3.05. The van der Waals surface area contributed by atoms with E-state index in [9.17, 15) is 4.79 Å². The highest BCUT2D eigenvalue weighted by atomic mass is 35.5. The van der Waals surface area contributed by atoms with Crippen molar-refractivity contribution in [1.29, 1.82) is 0 Å². The molecule has 0 saturated carbocycles. The Labute approximate surface area is 235 Å². The molecule has 7 nitrogen and oxygen atoms in total. The number of carbonyl (C=O) groups excluding carboxylic acids is 1. The summed E-state index contributed by atoms with van der Waals surface area (Å²) < 4.78 is 16.7. The number of rotatable bonds is 12. The van der Waals surface area contributed by atoms with Gasteiger partial charge in [0.05, 0.1) is 28.0 Å². The summed E-state index contributed by atoms with van der Waals surface area (Å²) in [6.45, 7) is 7.58. The third kappa shape index (κ3) is 8.26. The third-order valence-corrected chi connectivity index (χ3v) is 7.68. The lowest BCUT2D eigenvalue weighted by Crippen LogP contribution is -2.46. The highest BCUT2D eigenvalue weighted by Crippen LogP contribution is 2.33. The first-order valence-electron chi connectivity index (χ1n) is 13.6. The minimum atomic E-state index is -0.232. The van der Waals surface area contributed by atoms with E-state index in [1.165, 1.54) is 5.56 Å². The monoisotopic (exact) mass is 561 g/mol. The highest BCUT2D eigenvalue weighted by molar-refractivity contribution is 6.43. The fourth-order valence-electron chi connectivity index (χ4n) is 4.62. The molecular weight excluding hydrogens is 525 g/mol. The minimum absolute atomic E-state index is 0.0870. The Bertz CT molecular complexity index is 1100. The zero-order chi connectivity index (χ0) is 26.7. The second kappa shape index (κ2) is 14.6. The normalized spacial score (nSPS) is 15.6. The van der Waals surface area contributed by atoms with E-state index in [1.807, 2.05) is 37.3 Å². The summed E-state index contributed by atoms with van der Waals surface area (Å²) in [6.07, 6.45) is 5.81. The van der Waals surface area contributed by atoms with Gasteiger partial charge in [0.15, 0.2) is 5.90 Å². The van der Waals surface area contributed by atoms with Crippen molar-refractivity contribution < 1.29 is 19.0 Å². The molecule has 2 aromatic rings. The van der Waals surface area contributed by atoms with Crippen molar-refractivity contribution >= 4 is 46.4 Å². The number of anilines is 1. The maximum Gasteiger partial charge on any atom is 0.308 e. The molecule has 206 valence electrons. The van der Waals surface area contributed by atoms with Gasteiger partial charge in [-0.2, -0.15) is 0 Å². The summed E-state index contributed by atoms with van der Waals surface area (Å²) in [7, 11) is 0. The number of nitrogens with zero attached hydrogens (tertiary/aromatic N) is 3. The van der Waals surface area contributed by atoms with Gasteiger partial charge in [-0.1, -0.05) is 48.7 Å². The largest absolute Gasteiger partial charge is 0.494 e. The number of esters is 1. The third-order valence-electron chi connectivity index (χ3n) is 6.87. The average molecular weight is 563 g/mol. The number of hydrogen-bond acceptors (Lipinski definition) is 7. The number of ether oxygens (including phenoxy) is 3. The molecule has 0 radical (unpaired) electrons. The first-order chi connectivity index (χ1) is 18.5. The summed E-state index contributed by atoms with van der Waals surface area (Å²) in [6, 6.07) is 11.9. The maximum atomic E-state index is 11.6. The van der Waals surface area contributed by atoms with Gasteiger partial charge in [0.1, 0.15) is 5.75 Å². The first kappa shape index (κ1) is 28.5. The van der Waals surface area contributed by atoms with E-state index in [0.717, 1.165) is 82.0 Å². The summed E-state index contributed by atoms with van der Waals surface area (Å²) in [5.74, 6) is 1.17. The Balaban J connectivity index is 1.14. The number of piperazine rings is 1. The molecule has 0 amide bonds. The van der Waals surface area contributed by atoms with Crippen LogP contribution in [-0.2, 0) is 20.7 Å². The Hall–Kier alpha value is -2.48. The molecule has 0 atom stereocenters. The predicted molar refractivity (Wildman–Crippen MR) is 153 cm³/mol. The molecule has 0 N–H and O–H groups in total. The number of aryl methyl sites for hydroxylation is 1. The van der Waals surface area contributed by atoms with Crippen LogP contribution in [0.15, 0.2) is 41.4 Å². The fraction of sp³-hybridized carbons (Fsp3) is 0.517. The molecule has 2 aliphatic heterocycles. The number of carbonyl (C=O) groups is 1. The topological polar surface area (TPSA) is 63.6 Å². The molecule has 1 fully saturated rings. The van der Waals surface area contributed by atoms with Gasteiger partial charge in [-0.15, -0.1) is 0 Å². The van der Waals surface area contributed by atoms with E-state index in [1.54, 1.807) is 0 Å². The zero-order valence-corrected chi connectivity index (χ0v) is 23.6. The maximum absolute atomic E-state index is 11.6. The van der Waals surface area contributed by atoms with Crippen LogP contribution < -0.4 is 9.64 Å². The summed E-state index contributed by atoms with van der Waals surface area (Å²) in [5, 5.41) is 1.24. The number of unbranched alkanes of at least 4 members (excludes halogenated alkanes) is 2. The molecule has 1 saturated heterocycles. The number of fused-ring (bicyclic) bond motifs is 1. The molecule has 4 rings (SSSR count). The molecule has 0 unspecified atom stereocenters. The van der Waals surface area contributed by atoms with Crippen LogP contribution in [-0.4, -0.2) is 62.9 Å². The average Bonchev–Trinajstić information content (AvgIpc) is 2.93. The Morgan fingerprint density at radius 1 is 1.00 bits per heavy atom.